The first-order chi connectivity index (χ1) is 4.22. The Hall–Kier alpha value is -0.210. The van der Waals surface area contributed by atoms with Gasteiger partial charge in [-0.2, -0.15) is 0 Å². The maximum Gasteiger partial charge on any atom is 0.209 e. The zero-order valence-corrected chi connectivity index (χ0v) is 6.00. The van der Waals surface area contributed by atoms with Crippen molar-refractivity contribution < 1.29 is 9.53 Å². The summed E-state index contributed by atoms with van der Waals surface area (Å²) in [7, 11) is 0. The van der Waals surface area contributed by atoms with Gasteiger partial charge in [0.2, 0.25) is 5.22 Å². The molecule has 0 radical (unpaired) electrons. The molecule has 1 aliphatic heterocycles. The summed E-state index contributed by atoms with van der Waals surface area (Å²) < 4.78 is 4.75. The molecule has 0 saturated carbocycles. The van der Waals surface area contributed by atoms with Crippen LogP contribution in [0.15, 0.2) is 10.3 Å². The summed E-state index contributed by atoms with van der Waals surface area (Å²) in [6, 6.07) is 0. The van der Waals surface area contributed by atoms with E-state index in [1.807, 2.05) is 0 Å². The van der Waals surface area contributed by atoms with Gasteiger partial charge in [0.1, 0.15) is 5.03 Å². The summed E-state index contributed by atoms with van der Waals surface area (Å²) in [6.07, 6.45) is 0.328. The SMILES string of the molecule is O=C1CCOC(Cl)=C1Cl. The van der Waals surface area contributed by atoms with Crippen LogP contribution in [0.2, 0.25) is 0 Å². The van der Waals surface area contributed by atoms with Gasteiger partial charge in [-0.25, -0.2) is 0 Å². The van der Waals surface area contributed by atoms with Crippen molar-refractivity contribution in [1.29, 1.82) is 0 Å². The Labute approximate surface area is 62.4 Å². The third kappa shape index (κ3) is 1.37. The Balaban J connectivity index is 2.84. The summed E-state index contributed by atoms with van der Waals surface area (Å²) >= 11 is 10.8. The van der Waals surface area contributed by atoms with E-state index in [4.69, 9.17) is 27.9 Å². The van der Waals surface area contributed by atoms with E-state index in [0.29, 0.717) is 13.0 Å². The van der Waals surface area contributed by atoms with Gasteiger partial charge < -0.3 is 4.74 Å². The van der Waals surface area contributed by atoms with E-state index in [0.717, 1.165) is 0 Å². The molecule has 0 spiro atoms. The number of carbonyl (C=O) groups excluding carboxylic acids is 1. The molecule has 4 heteroatoms. The summed E-state index contributed by atoms with van der Waals surface area (Å²) in [4.78, 5) is 10.7. The first-order valence-corrected chi connectivity index (χ1v) is 3.18. The highest BCUT2D eigenvalue weighted by molar-refractivity contribution is 6.48. The number of allylic oxidation sites excluding steroid dienone is 1. The topological polar surface area (TPSA) is 26.3 Å². The predicted molar refractivity (Wildman–Crippen MR) is 34.3 cm³/mol. The third-order valence-corrected chi connectivity index (χ3v) is 1.75. The van der Waals surface area contributed by atoms with Gasteiger partial charge >= 0.3 is 0 Å². The van der Waals surface area contributed by atoms with Crippen LogP contribution in [0.4, 0.5) is 0 Å². The van der Waals surface area contributed by atoms with Gasteiger partial charge in [0, 0.05) is 6.42 Å². The van der Waals surface area contributed by atoms with Crippen LogP contribution in [-0.4, -0.2) is 12.4 Å². The zero-order chi connectivity index (χ0) is 6.85. The smallest absolute Gasteiger partial charge is 0.209 e. The van der Waals surface area contributed by atoms with Crippen molar-refractivity contribution >= 4 is 29.0 Å². The van der Waals surface area contributed by atoms with E-state index in [1.54, 1.807) is 0 Å². The number of halogens is 2. The van der Waals surface area contributed by atoms with Crippen molar-refractivity contribution in [2.45, 2.75) is 6.42 Å². The summed E-state index contributed by atoms with van der Waals surface area (Å²) in [5, 5.41) is 0.0378. The number of hydrogen-bond acceptors (Lipinski definition) is 2. The predicted octanol–water partition coefficient (Wildman–Crippen LogP) is 1.62. The van der Waals surface area contributed by atoms with Gasteiger partial charge in [-0.3, -0.25) is 4.79 Å². The molecule has 0 amide bonds. The van der Waals surface area contributed by atoms with Gasteiger partial charge in [-0.1, -0.05) is 11.6 Å². The molecule has 0 N–H and O–H groups in total. The number of ketones is 1. The van der Waals surface area contributed by atoms with E-state index in [9.17, 15) is 4.79 Å². The maximum absolute atomic E-state index is 10.7. The van der Waals surface area contributed by atoms with Crippen LogP contribution < -0.4 is 0 Å². The minimum absolute atomic E-state index is 0.0166. The van der Waals surface area contributed by atoms with Crippen molar-refractivity contribution in [3.63, 3.8) is 0 Å². The van der Waals surface area contributed by atoms with Crippen LogP contribution in [0.25, 0.3) is 0 Å². The Morgan fingerprint density at radius 1 is 1.44 bits per heavy atom. The fourth-order valence-corrected chi connectivity index (χ4v) is 0.848. The van der Waals surface area contributed by atoms with Crippen LogP contribution in [0, 0.1) is 0 Å². The first kappa shape index (κ1) is 6.90. The second-order valence-corrected chi connectivity index (χ2v) is 2.33. The minimum atomic E-state index is -0.145. The maximum atomic E-state index is 10.7. The van der Waals surface area contributed by atoms with Crippen molar-refractivity contribution in [3.8, 4) is 0 Å². The standard InChI is InChI=1S/C5H4Cl2O2/c6-4-3(8)1-2-9-5(4)7/h1-2H2. The molecule has 1 aliphatic rings. The molecule has 0 aromatic rings. The molecular weight excluding hydrogens is 163 g/mol. The second-order valence-electron chi connectivity index (χ2n) is 1.61. The Kier molecular flexibility index (Phi) is 1.98. The number of ether oxygens (including phenoxy) is 1. The Morgan fingerprint density at radius 2 is 2.11 bits per heavy atom. The molecule has 0 bridgehead atoms. The average Bonchev–Trinajstić information content (AvgIpc) is 1.83. The van der Waals surface area contributed by atoms with Gasteiger partial charge in [-0.05, 0) is 11.6 Å². The summed E-state index contributed by atoms with van der Waals surface area (Å²) in [6.45, 7) is 0.341. The zero-order valence-electron chi connectivity index (χ0n) is 4.49. The van der Waals surface area contributed by atoms with Gasteiger partial charge in [0.05, 0.1) is 6.61 Å². The van der Waals surface area contributed by atoms with Gasteiger partial charge in [-0.15, -0.1) is 0 Å². The largest absolute Gasteiger partial charge is 0.481 e. The molecule has 2 nitrogen and oxygen atoms in total. The van der Waals surface area contributed by atoms with Crippen LogP contribution in [0.5, 0.6) is 0 Å². The number of Topliss-reactive ketones (excluding diaryl/α,β-unsaturated/α-hetero) is 1. The second kappa shape index (κ2) is 2.58. The van der Waals surface area contributed by atoms with E-state index >= 15 is 0 Å². The lowest BCUT2D eigenvalue weighted by Gasteiger charge is -2.10. The lowest BCUT2D eigenvalue weighted by molar-refractivity contribution is -0.116. The van der Waals surface area contributed by atoms with Gasteiger partial charge in [0.15, 0.2) is 5.78 Å². The molecule has 9 heavy (non-hydrogen) atoms. The van der Waals surface area contributed by atoms with E-state index in [1.165, 1.54) is 0 Å². The van der Waals surface area contributed by atoms with Crippen molar-refractivity contribution in [3.05, 3.63) is 10.3 Å². The molecule has 0 saturated heterocycles. The van der Waals surface area contributed by atoms with Crippen LogP contribution in [0.3, 0.4) is 0 Å². The van der Waals surface area contributed by atoms with Crippen molar-refractivity contribution in [1.82, 2.24) is 0 Å². The monoisotopic (exact) mass is 166 g/mol. The first-order valence-electron chi connectivity index (χ1n) is 2.43. The van der Waals surface area contributed by atoms with E-state index in [2.05, 4.69) is 0 Å². The lowest BCUT2D eigenvalue weighted by Crippen LogP contribution is -2.10. The molecule has 50 valence electrons. The molecule has 0 aromatic heterocycles. The van der Waals surface area contributed by atoms with E-state index < -0.39 is 0 Å². The lowest BCUT2D eigenvalue weighted by atomic mass is 10.3. The molecule has 0 unspecified atom stereocenters. The summed E-state index contributed by atoms with van der Waals surface area (Å²) in [5.74, 6) is -0.145. The molecule has 0 aromatic carbocycles. The van der Waals surface area contributed by atoms with Crippen molar-refractivity contribution in [2.24, 2.45) is 0 Å². The van der Waals surface area contributed by atoms with Crippen LogP contribution in [0.1, 0.15) is 6.42 Å². The average molecular weight is 167 g/mol. The van der Waals surface area contributed by atoms with Gasteiger partial charge in [0.25, 0.3) is 0 Å². The molecule has 1 heterocycles. The molecule has 1 rings (SSSR count). The van der Waals surface area contributed by atoms with Crippen LogP contribution in [-0.2, 0) is 9.53 Å². The minimum Gasteiger partial charge on any atom is -0.481 e. The number of rotatable bonds is 0. The summed E-state index contributed by atoms with van der Waals surface area (Å²) in [5.41, 5.74) is 0. The third-order valence-electron chi connectivity index (χ3n) is 0.975. The molecule has 0 aliphatic carbocycles. The number of carbonyl (C=O) groups is 1. The Bertz CT molecular complexity index is 174. The van der Waals surface area contributed by atoms with Crippen LogP contribution >= 0.6 is 23.2 Å². The molecule has 0 fully saturated rings. The quantitative estimate of drug-likeness (QED) is 0.547. The number of hydrogen-bond donors (Lipinski definition) is 0. The fraction of sp³-hybridized carbons (Fsp3) is 0.400. The highest BCUT2D eigenvalue weighted by Gasteiger charge is 2.17. The fourth-order valence-electron chi connectivity index (χ4n) is 0.516. The van der Waals surface area contributed by atoms with Crippen molar-refractivity contribution in [2.75, 3.05) is 6.61 Å². The normalized spacial score (nSPS) is 20.0. The van der Waals surface area contributed by atoms with E-state index in [-0.39, 0.29) is 16.0 Å². The molecular formula is C5H4Cl2O2. The highest BCUT2D eigenvalue weighted by atomic mass is 35.5. The highest BCUT2D eigenvalue weighted by Crippen LogP contribution is 2.21. The molecule has 0 atom stereocenters. The Morgan fingerprint density at radius 3 is 2.56 bits per heavy atom.